The van der Waals surface area contributed by atoms with Crippen molar-refractivity contribution in [2.75, 3.05) is 0 Å². The molecule has 1 aliphatic heterocycles. The number of carboxylic acids is 1. The monoisotopic (exact) mass is 409 g/mol. The molecule has 29 heavy (non-hydrogen) atoms. The molecule has 1 unspecified atom stereocenters. The summed E-state index contributed by atoms with van der Waals surface area (Å²) in [6, 6.07) is 11.5. The van der Waals surface area contributed by atoms with E-state index in [-0.39, 0.29) is 23.5 Å². The third-order valence-corrected chi connectivity index (χ3v) is 6.17. The molecule has 3 heterocycles. The highest BCUT2D eigenvalue weighted by Crippen LogP contribution is 2.51. The number of thioether (sulfide) groups is 1. The summed E-state index contributed by atoms with van der Waals surface area (Å²) in [5, 5.41) is 14.2. The van der Waals surface area contributed by atoms with Crippen molar-refractivity contribution >= 4 is 23.7 Å². The molecule has 0 radical (unpaired) electrons. The lowest BCUT2D eigenvalue weighted by Crippen LogP contribution is -2.08. The Morgan fingerprint density at radius 1 is 1.24 bits per heavy atom. The van der Waals surface area contributed by atoms with Crippen LogP contribution in [0.4, 0.5) is 0 Å². The molecule has 0 aliphatic carbocycles. The van der Waals surface area contributed by atoms with Crippen molar-refractivity contribution in [2.24, 2.45) is 0 Å². The van der Waals surface area contributed by atoms with Crippen molar-refractivity contribution < 1.29 is 19.4 Å². The van der Waals surface area contributed by atoms with Crippen molar-refractivity contribution in [1.29, 1.82) is 0 Å². The summed E-state index contributed by atoms with van der Waals surface area (Å²) in [6.07, 6.45) is 2.40. The third kappa shape index (κ3) is 3.51. The SMILES string of the molecule is CCC1Sc2ccccc2-c2c1c(C(=O)O)nn2-c1ccc(COC(C)=O)nc1. The summed E-state index contributed by atoms with van der Waals surface area (Å²) in [5.74, 6) is -1.42. The zero-order valence-electron chi connectivity index (χ0n) is 16.0. The van der Waals surface area contributed by atoms with Gasteiger partial charge in [-0.2, -0.15) is 5.10 Å². The molecule has 7 nitrogen and oxygen atoms in total. The molecule has 0 amide bonds. The summed E-state index contributed by atoms with van der Waals surface area (Å²) in [7, 11) is 0. The van der Waals surface area contributed by atoms with E-state index in [1.54, 1.807) is 34.8 Å². The standard InChI is InChI=1S/C21H19N3O4S/c1-3-16-18-19(21(26)27)23-24(20(18)15-6-4-5-7-17(15)29-16)14-9-8-13(22-10-14)11-28-12(2)25/h4-10,16H,3,11H2,1-2H3,(H,26,27). The zero-order chi connectivity index (χ0) is 20.5. The maximum absolute atomic E-state index is 11.9. The first-order chi connectivity index (χ1) is 14.0. The number of carbonyl (C=O) groups excluding carboxylic acids is 1. The van der Waals surface area contributed by atoms with Crippen LogP contribution in [0.3, 0.4) is 0 Å². The van der Waals surface area contributed by atoms with Crippen LogP contribution in [0.15, 0.2) is 47.5 Å². The highest BCUT2D eigenvalue weighted by atomic mass is 32.2. The second-order valence-corrected chi connectivity index (χ2v) is 7.87. The Morgan fingerprint density at radius 2 is 2.03 bits per heavy atom. The Bertz CT molecular complexity index is 1090. The fourth-order valence-corrected chi connectivity index (χ4v) is 4.67. The fourth-order valence-electron chi connectivity index (χ4n) is 3.41. The minimum absolute atomic E-state index is 0.0101. The van der Waals surface area contributed by atoms with Crippen molar-refractivity contribution in [3.63, 3.8) is 0 Å². The number of fused-ring (bicyclic) bond motifs is 3. The average molecular weight is 409 g/mol. The Labute approximate surface area is 171 Å². The fraction of sp³-hybridized carbons (Fsp3) is 0.238. The molecular weight excluding hydrogens is 390 g/mol. The summed E-state index contributed by atoms with van der Waals surface area (Å²) >= 11 is 1.67. The van der Waals surface area contributed by atoms with Gasteiger partial charge in [-0.25, -0.2) is 9.48 Å². The minimum atomic E-state index is -1.04. The zero-order valence-corrected chi connectivity index (χ0v) is 16.8. The van der Waals surface area contributed by atoms with Gasteiger partial charge in [-0.3, -0.25) is 9.78 Å². The summed E-state index contributed by atoms with van der Waals surface area (Å²) in [4.78, 5) is 28.4. The molecule has 1 aromatic carbocycles. The van der Waals surface area contributed by atoms with Crippen LogP contribution in [0, 0.1) is 0 Å². The first kappa shape index (κ1) is 19.2. The van der Waals surface area contributed by atoms with Crippen molar-refractivity contribution in [1.82, 2.24) is 14.8 Å². The smallest absolute Gasteiger partial charge is 0.356 e. The lowest BCUT2D eigenvalue weighted by atomic mass is 10.00. The lowest BCUT2D eigenvalue weighted by molar-refractivity contribution is -0.142. The van der Waals surface area contributed by atoms with E-state index in [0.29, 0.717) is 11.4 Å². The van der Waals surface area contributed by atoms with Crippen LogP contribution in [0.5, 0.6) is 0 Å². The van der Waals surface area contributed by atoms with E-state index >= 15 is 0 Å². The van der Waals surface area contributed by atoms with E-state index < -0.39 is 5.97 Å². The van der Waals surface area contributed by atoms with Gasteiger partial charge in [0.05, 0.1) is 23.3 Å². The number of ether oxygens (including phenoxy) is 1. The van der Waals surface area contributed by atoms with E-state index in [1.807, 2.05) is 31.2 Å². The summed E-state index contributed by atoms with van der Waals surface area (Å²) in [6.45, 7) is 3.48. The molecule has 2 aromatic heterocycles. The predicted octanol–water partition coefficient (Wildman–Crippen LogP) is 4.25. The molecule has 1 aliphatic rings. The number of esters is 1. The van der Waals surface area contributed by atoms with Gasteiger partial charge in [-0.05, 0) is 24.6 Å². The van der Waals surface area contributed by atoms with Crippen LogP contribution in [-0.4, -0.2) is 31.8 Å². The molecule has 0 bridgehead atoms. The first-order valence-corrected chi connectivity index (χ1v) is 10.1. The maximum Gasteiger partial charge on any atom is 0.356 e. The number of rotatable bonds is 5. The van der Waals surface area contributed by atoms with E-state index in [0.717, 1.165) is 28.1 Å². The van der Waals surface area contributed by atoms with E-state index in [2.05, 4.69) is 10.1 Å². The number of carboxylic acid groups (broad SMARTS) is 1. The Morgan fingerprint density at radius 3 is 2.69 bits per heavy atom. The Hall–Kier alpha value is -3.13. The van der Waals surface area contributed by atoms with Crippen LogP contribution < -0.4 is 0 Å². The van der Waals surface area contributed by atoms with Gasteiger partial charge in [-0.1, -0.05) is 25.1 Å². The molecule has 1 N–H and O–H groups in total. The number of nitrogens with zero attached hydrogens (tertiary/aromatic N) is 3. The normalized spacial score (nSPS) is 14.8. The second-order valence-electron chi connectivity index (χ2n) is 6.63. The predicted molar refractivity (Wildman–Crippen MR) is 108 cm³/mol. The first-order valence-electron chi connectivity index (χ1n) is 9.20. The van der Waals surface area contributed by atoms with Gasteiger partial charge in [0.1, 0.15) is 6.61 Å². The average Bonchev–Trinajstić information content (AvgIpc) is 3.13. The lowest BCUT2D eigenvalue weighted by Gasteiger charge is -2.24. The van der Waals surface area contributed by atoms with Crippen LogP contribution in [0.2, 0.25) is 0 Å². The molecule has 0 spiro atoms. The Balaban J connectivity index is 1.85. The van der Waals surface area contributed by atoms with Crippen LogP contribution in [-0.2, 0) is 16.1 Å². The number of aromatic nitrogens is 3. The number of aromatic carboxylic acids is 1. The van der Waals surface area contributed by atoms with E-state index in [9.17, 15) is 14.7 Å². The molecule has 0 fully saturated rings. The van der Waals surface area contributed by atoms with Crippen molar-refractivity contribution in [3.05, 3.63) is 59.5 Å². The summed E-state index contributed by atoms with van der Waals surface area (Å²) in [5.41, 5.74) is 3.81. The van der Waals surface area contributed by atoms with Crippen molar-refractivity contribution in [3.8, 4) is 16.9 Å². The summed E-state index contributed by atoms with van der Waals surface area (Å²) < 4.78 is 6.63. The van der Waals surface area contributed by atoms with Crippen LogP contribution in [0.25, 0.3) is 16.9 Å². The number of benzene rings is 1. The Kier molecular flexibility index (Phi) is 5.10. The van der Waals surface area contributed by atoms with Crippen LogP contribution in [0.1, 0.15) is 47.3 Å². The van der Waals surface area contributed by atoms with Gasteiger partial charge in [0.25, 0.3) is 0 Å². The number of pyridine rings is 1. The van der Waals surface area contributed by atoms with Gasteiger partial charge in [-0.15, -0.1) is 11.8 Å². The quantitative estimate of drug-likeness (QED) is 0.630. The number of hydrogen-bond acceptors (Lipinski definition) is 6. The molecule has 4 rings (SSSR count). The van der Waals surface area contributed by atoms with Gasteiger partial charge in [0, 0.05) is 28.2 Å². The molecule has 3 aromatic rings. The van der Waals surface area contributed by atoms with E-state index in [1.165, 1.54) is 6.92 Å². The van der Waals surface area contributed by atoms with Gasteiger partial charge in [0.15, 0.2) is 5.69 Å². The maximum atomic E-state index is 11.9. The highest BCUT2D eigenvalue weighted by Gasteiger charge is 2.34. The molecule has 0 saturated carbocycles. The second kappa shape index (κ2) is 7.71. The molecule has 148 valence electrons. The number of hydrogen-bond donors (Lipinski definition) is 1. The van der Waals surface area contributed by atoms with Gasteiger partial charge in [0.2, 0.25) is 0 Å². The molecular formula is C21H19N3O4S. The molecule has 8 heteroatoms. The third-order valence-electron chi connectivity index (χ3n) is 4.71. The van der Waals surface area contributed by atoms with Gasteiger partial charge >= 0.3 is 11.9 Å². The van der Waals surface area contributed by atoms with Crippen molar-refractivity contribution in [2.45, 2.75) is 37.0 Å². The largest absolute Gasteiger partial charge is 0.476 e. The van der Waals surface area contributed by atoms with Gasteiger partial charge < -0.3 is 9.84 Å². The molecule has 0 saturated heterocycles. The molecule has 1 atom stereocenters. The topological polar surface area (TPSA) is 94.3 Å². The highest BCUT2D eigenvalue weighted by molar-refractivity contribution is 7.99. The minimum Gasteiger partial charge on any atom is -0.476 e. The van der Waals surface area contributed by atoms with E-state index in [4.69, 9.17) is 4.74 Å². The van der Waals surface area contributed by atoms with Crippen LogP contribution >= 0.6 is 11.8 Å². The number of carbonyl (C=O) groups is 2.